The average Bonchev–Trinajstić information content (AvgIpc) is 2.34. The highest BCUT2D eigenvalue weighted by Crippen LogP contribution is 2.11. The zero-order valence-electron chi connectivity index (χ0n) is 10.5. The van der Waals surface area contributed by atoms with E-state index in [4.69, 9.17) is 10.8 Å². The zero-order valence-corrected chi connectivity index (χ0v) is 12.1. The number of hydrogen-bond acceptors (Lipinski definition) is 3. The van der Waals surface area contributed by atoms with Gasteiger partial charge in [0.25, 0.3) is 0 Å². The lowest BCUT2D eigenvalue weighted by Crippen LogP contribution is -2.46. The number of halogens is 1. The monoisotopic (exact) mass is 343 g/mol. The van der Waals surface area contributed by atoms with Crippen LogP contribution in [0.4, 0.5) is 4.79 Å². The number of carboxylic acids is 1. The first-order chi connectivity index (χ1) is 9.38. The Bertz CT molecular complexity index is 505. The minimum absolute atomic E-state index is 0.215. The summed E-state index contributed by atoms with van der Waals surface area (Å²) >= 11 is 3.30. The molecule has 0 aliphatic rings. The van der Waals surface area contributed by atoms with Crippen LogP contribution in [0.25, 0.3) is 0 Å². The molecular weight excluding hydrogens is 330 g/mol. The summed E-state index contributed by atoms with van der Waals surface area (Å²) in [5.74, 6) is -1.99. The maximum Gasteiger partial charge on any atom is 0.323 e. The molecular formula is C12H14BrN3O4. The number of hydrogen-bond donors (Lipinski definition) is 3. The van der Waals surface area contributed by atoms with Gasteiger partial charge in [-0.25, -0.2) is 4.79 Å². The Morgan fingerprint density at radius 1 is 1.30 bits per heavy atom. The third-order valence-electron chi connectivity index (χ3n) is 2.29. The average molecular weight is 344 g/mol. The van der Waals surface area contributed by atoms with Crippen LogP contribution in [-0.2, 0) is 16.1 Å². The van der Waals surface area contributed by atoms with Crippen molar-refractivity contribution in [2.45, 2.75) is 6.54 Å². The Hall–Kier alpha value is -2.09. The van der Waals surface area contributed by atoms with Crippen LogP contribution < -0.4 is 11.1 Å². The van der Waals surface area contributed by atoms with Gasteiger partial charge < -0.3 is 21.1 Å². The molecule has 0 radical (unpaired) electrons. The summed E-state index contributed by atoms with van der Waals surface area (Å²) in [6.45, 7) is -0.822. The lowest BCUT2D eigenvalue weighted by molar-refractivity contribution is -0.137. The van der Waals surface area contributed by atoms with Gasteiger partial charge in [-0.1, -0.05) is 28.1 Å². The Kier molecular flexibility index (Phi) is 5.98. The van der Waals surface area contributed by atoms with Gasteiger partial charge in [-0.3, -0.25) is 9.59 Å². The molecule has 0 heterocycles. The molecule has 4 N–H and O–H groups in total. The molecule has 0 saturated carbocycles. The number of benzene rings is 1. The van der Waals surface area contributed by atoms with Crippen LogP contribution in [-0.4, -0.2) is 41.0 Å². The number of nitrogens with zero attached hydrogens (tertiary/aromatic N) is 1. The quantitative estimate of drug-likeness (QED) is 0.699. The SMILES string of the molecule is NC(=O)CN(CC(=O)O)C(=O)NCc1cccc(Br)c1. The molecule has 0 saturated heterocycles. The van der Waals surface area contributed by atoms with E-state index in [1.165, 1.54) is 0 Å². The number of nitrogens with one attached hydrogen (secondary N) is 1. The zero-order chi connectivity index (χ0) is 15.1. The molecule has 3 amide bonds. The molecule has 8 heteroatoms. The molecule has 0 aromatic heterocycles. The highest BCUT2D eigenvalue weighted by atomic mass is 79.9. The molecule has 0 bridgehead atoms. The van der Waals surface area contributed by atoms with Crippen LogP contribution in [0.1, 0.15) is 5.56 Å². The van der Waals surface area contributed by atoms with E-state index >= 15 is 0 Å². The molecule has 7 nitrogen and oxygen atoms in total. The van der Waals surface area contributed by atoms with Crippen molar-refractivity contribution in [3.8, 4) is 0 Å². The van der Waals surface area contributed by atoms with E-state index in [1.54, 1.807) is 6.07 Å². The van der Waals surface area contributed by atoms with Crippen molar-refractivity contribution in [3.63, 3.8) is 0 Å². The number of primary amides is 1. The summed E-state index contributed by atoms with van der Waals surface area (Å²) < 4.78 is 0.865. The number of rotatable bonds is 6. The highest BCUT2D eigenvalue weighted by molar-refractivity contribution is 9.10. The number of carboxylic acid groups (broad SMARTS) is 1. The fourth-order valence-corrected chi connectivity index (χ4v) is 1.93. The van der Waals surface area contributed by atoms with Gasteiger partial charge in [-0.2, -0.15) is 0 Å². The summed E-state index contributed by atoms with van der Waals surface area (Å²) in [4.78, 5) is 34.1. The lowest BCUT2D eigenvalue weighted by Gasteiger charge is -2.19. The normalized spacial score (nSPS) is 9.85. The lowest BCUT2D eigenvalue weighted by atomic mass is 10.2. The molecule has 0 atom stereocenters. The van der Waals surface area contributed by atoms with Crippen molar-refractivity contribution in [2.24, 2.45) is 5.73 Å². The second-order valence-electron chi connectivity index (χ2n) is 4.00. The predicted molar refractivity (Wildman–Crippen MR) is 74.8 cm³/mol. The van der Waals surface area contributed by atoms with E-state index in [9.17, 15) is 14.4 Å². The Balaban J connectivity index is 2.61. The fourth-order valence-electron chi connectivity index (χ4n) is 1.49. The van der Waals surface area contributed by atoms with Gasteiger partial charge in [-0.05, 0) is 17.7 Å². The third kappa shape index (κ3) is 5.70. The number of carbonyl (C=O) groups excluding carboxylic acids is 2. The molecule has 0 aliphatic carbocycles. The third-order valence-corrected chi connectivity index (χ3v) is 2.79. The maximum atomic E-state index is 11.8. The second kappa shape index (κ2) is 7.49. The minimum atomic E-state index is -1.22. The smallest absolute Gasteiger partial charge is 0.323 e. The molecule has 1 aromatic rings. The molecule has 0 spiro atoms. The van der Waals surface area contributed by atoms with Crippen LogP contribution >= 0.6 is 15.9 Å². The van der Waals surface area contributed by atoms with E-state index in [0.29, 0.717) is 0 Å². The van der Waals surface area contributed by atoms with E-state index in [1.807, 2.05) is 18.2 Å². The molecule has 0 unspecified atom stereocenters. The summed E-state index contributed by atoms with van der Waals surface area (Å²) in [7, 11) is 0. The summed E-state index contributed by atoms with van der Waals surface area (Å²) in [6.07, 6.45) is 0. The number of nitrogens with two attached hydrogens (primary N) is 1. The van der Waals surface area contributed by atoms with Crippen LogP contribution in [0.3, 0.4) is 0 Å². The first-order valence-electron chi connectivity index (χ1n) is 5.66. The number of carbonyl (C=O) groups is 3. The van der Waals surface area contributed by atoms with Gasteiger partial charge >= 0.3 is 12.0 Å². The van der Waals surface area contributed by atoms with E-state index in [0.717, 1.165) is 14.9 Å². The fraction of sp³-hybridized carbons (Fsp3) is 0.250. The number of urea groups is 1. The van der Waals surface area contributed by atoms with Crippen LogP contribution in [0.5, 0.6) is 0 Å². The molecule has 1 rings (SSSR count). The molecule has 108 valence electrons. The first kappa shape index (κ1) is 16.0. The Morgan fingerprint density at radius 2 is 2.00 bits per heavy atom. The van der Waals surface area contributed by atoms with Gasteiger partial charge in [-0.15, -0.1) is 0 Å². The van der Waals surface area contributed by atoms with E-state index in [-0.39, 0.29) is 6.54 Å². The highest BCUT2D eigenvalue weighted by Gasteiger charge is 2.18. The summed E-state index contributed by atoms with van der Waals surface area (Å²) in [6, 6.07) is 6.61. The Labute approximate surface area is 123 Å². The van der Waals surface area contributed by atoms with Gasteiger partial charge in [0.2, 0.25) is 5.91 Å². The summed E-state index contributed by atoms with van der Waals surface area (Å²) in [5, 5.41) is 11.2. The minimum Gasteiger partial charge on any atom is -0.480 e. The van der Waals surface area contributed by atoms with E-state index < -0.39 is 31.0 Å². The maximum absolute atomic E-state index is 11.8. The van der Waals surface area contributed by atoms with Crippen molar-refractivity contribution in [1.82, 2.24) is 10.2 Å². The largest absolute Gasteiger partial charge is 0.480 e. The Morgan fingerprint density at radius 3 is 2.55 bits per heavy atom. The van der Waals surface area contributed by atoms with Gasteiger partial charge in [0.15, 0.2) is 0 Å². The molecule has 0 aliphatic heterocycles. The van der Waals surface area contributed by atoms with Crippen LogP contribution in [0.15, 0.2) is 28.7 Å². The number of amides is 3. The summed E-state index contributed by atoms with van der Waals surface area (Å²) in [5.41, 5.74) is 5.81. The van der Waals surface area contributed by atoms with Crippen molar-refractivity contribution in [3.05, 3.63) is 34.3 Å². The van der Waals surface area contributed by atoms with Crippen molar-refractivity contribution in [2.75, 3.05) is 13.1 Å². The predicted octanol–water partition coefficient (Wildman–Crippen LogP) is 0.531. The van der Waals surface area contributed by atoms with Crippen LogP contribution in [0, 0.1) is 0 Å². The van der Waals surface area contributed by atoms with Gasteiger partial charge in [0.05, 0.1) is 0 Å². The first-order valence-corrected chi connectivity index (χ1v) is 6.45. The molecule has 1 aromatic carbocycles. The van der Waals surface area contributed by atoms with Gasteiger partial charge in [0.1, 0.15) is 13.1 Å². The van der Waals surface area contributed by atoms with Crippen molar-refractivity contribution >= 4 is 33.8 Å². The topological polar surface area (TPSA) is 113 Å². The van der Waals surface area contributed by atoms with E-state index in [2.05, 4.69) is 21.2 Å². The van der Waals surface area contributed by atoms with Gasteiger partial charge in [0, 0.05) is 11.0 Å². The second-order valence-corrected chi connectivity index (χ2v) is 4.92. The molecule has 0 fully saturated rings. The van der Waals surface area contributed by atoms with Crippen molar-refractivity contribution in [1.29, 1.82) is 0 Å². The standard InChI is InChI=1S/C12H14BrN3O4/c13-9-3-1-2-8(4-9)5-15-12(20)16(6-10(14)17)7-11(18)19/h1-4H,5-7H2,(H2,14,17)(H,15,20)(H,18,19). The van der Waals surface area contributed by atoms with Crippen LogP contribution in [0.2, 0.25) is 0 Å². The molecule has 20 heavy (non-hydrogen) atoms. The van der Waals surface area contributed by atoms with Crippen molar-refractivity contribution < 1.29 is 19.5 Å². The number of aliphatic carboxylic acids is 1.